The number of carbonyl (C=O) groups excluding carboxylic acids is 1. The van der Waals surface area contributed by atoms with Crippen molar-refractivity contribution in [2.75, 3.05) is 23.3 Å². The minimum atomic E-state index is -0.537. The van der Waals surface area contributed by atoms with Crippen LogP contribution in [0.2, 0.25) is 0 Å². The fourth-order valence-corrected chi connectivity index (χ4v) is 3.23. The summed E-state index contributed by atoms with van der Waals surface area (Å²) in [5.41, 5.74) is 8.09. The van der Waals surface area contributed by atoms with Crippen molar-refractivity contribution in [3.05, 3.63) is 54.2 Å². The highest BCUT2D eigenvalue weighted by molar-refractivity contribution is 5.93. The smallest absolute Gasteiger partial charge is 0.242 e. The van der Waals surface area contributed by atoms with Crippen LogP contribution in [0.4, 0.5) is 11.5 Å². The van der Waals surface area contributed by atoms with Crippen molar-refractivity contribution in [2.24, 2.45) is 11.7 Å². The zero-order valence-corrected chi connectivity index (χ0v) is 14.7. The van der Waals surface area contributed by atoms with Crippen molar-refractivity contribution in [1.82, 2.24) is 4.98 Å². The molecular formula is C20H26N4O. The molecule has 1 unspecified atom stereocenters. The number of piperidine rings is 1. The topological polar surface area (TPSA) is 71.2 Å². The third-order valence-electron chi connectivity index (χ3n) is 4.76. The largest absolute Gasteiger partial charge is 0.370 e. The van der Waals surface area contributed by atoms with Crippen LogP contribution in [0.3, 0.4) is 0 Å². The second-order valence-electron chi connectivity index (χ2n) is 6.80. The quantitative estimate of drug-likeness (QED) is 0.879. The number of carbonyl (C=O) groups is 1. The molecule has 2 aromatic rings. The number of hydrogen-bond donors (Lipinski definition) is 2. The minimum Gasteiger partial charge on any atom is -0.370 e. The number of amides is 1. The normalized spacial score (nSPS) is 16.5. The van der Waals surface area contributed by atoms with E-state index >= 15 is 0 Å². The minimum absolute atomic E-state index is 0.220. The van der Waals surface area contributed by atoms with Crippen LogP contribution in [0.1, 0.15) is 25.3 Å². The summed E-state index contributed by atoms with van der Waals surface area (Å²) >= 11 is 0. The summed E-state index contributed by atoms with van der Waals surface area (Å²) in [6.45, 7) is 3.75. The number of nitrogens with two attached hydrogens (primary N) is 1. The van der Waals surface area contributed by atoms with E-state index in [1.54, 1.807) is 6.92 Å². The van der Waals surface area contributed by atoms with E-state index in [9.17, 15) is 4.79 Å². The molecule has 1 aromatic heterocycles. The second kappa shape index (κ2) is 8.12. The van der Waals surface area contributed by atoms with E-state index in [-0.39, 0.29) is 5.91 Å². The molecule has 5 heteroatoms. The van der Waals surface area contributed by atoms with Gasteiger partial charge in [0.1, 0.15) is 5.82 Å². The zero-order valence-electron chi connectivity index (χ0n) is 14.7. The second-order valence-corrected chi connectivity index (χ2v) is 6.80. The molecule has 1 amide bonds. The summed E-state index contributed by atoms with van der Waals surface area (Å²) < 4.78 is 0. The van der Waals surface area contributed by atoms with Crippen LogP contribution < -0.4 is 16.0 Å². The molecule has 0 bridgehead atoms. The Morgan fingerprint density at radius 1 is 1.24 bits per heavy atom. The van der Waals surface area contributed by atoms with Crippen LogP contribution in [0, 0.1) is 5.92 Å². The Bertz CT molecular complexity index is 677. The summed E-state index contributed by atoms with van der Waals surface area (Å²) in [4.78, 5) is 18.3. The van der Waals surface area contributed by atoms with Crippen molar-refractivity contribution in [1.29, 1.82) is 0 Å². The Balaban J connectivity index is 1.51. The van der Waals surface area contributed by atoms with Crippen molar-refractivity contribution < 1.29 is 4.79 Å². The Morgan fingerprint density at radius 2 is 1.96 bits per heavy atom. The SMILES string of the molecule is CC(N)C(=O)Nc1ccc(N2CCC(Cc3ccccc3)CC2)cn1. The number of rotatable bonds is 5. The lowest BCUT2D eigenvalue weighted by Gasteiger charge is -2.33. The van der Waals surface area contributed by atoms with E-state index in [1.165, 1.54) is 18.4 Å². The first-order chi connectivity index (χ1) is 12.1. The Labute approximate surface area is 149 Å². The van der Waals surface area contributed by atoms with Crippen LogP contribution in [-0.4, -0.2) is 30.0 Å². The predicted molar refractivity (Wildman–Crippen MR) is 102 cm³/mol. The summed E-state index contributed by atoms with van der Waals surface area (Å²) in [6.07, 6.45) is 5.37. The van der Waals surface area contributed by atoms with Crippen LogP contribution >= 0.6 is 0 Å². The molecule has 0 spiro atoms. The summed E-state index contributed by atoms with van der Waals surface area (Å²) in [7, 11) is 0. The standard InChI is InChI=1S/C20H26N4O/c1-15(21)20(25)23-19-8-7-18(14-22-19)24-11-9-17(10-12-24)13-16-5-3-2-4-6-16/h2-8,14-15,17H,9-13,21H2,1H3,(H,22,23,25). The molecule has 1 aliphatic rings. The van der Waals surface area contributed by atoms with Gasteiger partial charge in [0.15, 0.2) is 0 Å². The summed E-state index contributed by atoms with van der Waals surface area (Å²) in [5, 5.41) is 2.71. The maximum atomic E-state index is 11.6. The molecule has 1 saturated heterocycles. The van der Waals surface area contributed by atoms with Gasteiger partial charge in [-0.1, -0.05) is 30.3 Å². The Morgan fingerprint density at radius 3 is 2.56 bits per heavy atom. The first kappa shape index (κ1) is 17.4. The number of anilines is 2. The maximum absolute atomic E-state index is 11.6. The number of nitrogens with zero attached hydrogens (tertiary/aromatic N) is 2. The molecule has 0 aliphatic carbocycles. The molecule has 1 atom stereocenters. The Kier molecular flexibility index (Phi) is 5.66. The van der Waals surface area contributed by atoms with Crippen molar-refractivity contribution in [2.45, 2.75) is 32.2 Å². The fraction of sp³-hybridized carbons (Fsp3) is 0.400. The van der Waals surface area contributed by atoms with Gasteiger partial charge in [-0.25, -0.2) is 4.98 Å². The lowest BCUT2D eigenvalue weighted by Crippen LogP contribution is -2.34. The van der Waals surface area contributed by atoms with E-state index < -0.39 is 6.04 Å². The molecule has 25 heavy (non-hydrogen) atoms. The van der Waals surface area contributed by atoms with Crippen molar-refractivity contribution in [3.8, 4) is 0 Å². The molecule has 3 rings (SSSR count). The number of pyridine rings is 1. The summed E-state index contributed by atoms with van der Waals surface area (Å²) in [6, 6.07) is 14.0. The van der Waals surface area contributed by atoms with Gasteiger partial charge in [-0.3, -0.25) is 4.79 Å². The van der Waals surface area contributed by atoms with Gasteiger partial charge >= 0.3 is 0 Å². The van der Waals surface area contributed by atoms with Gasteiger partial charge in [0, 0.05) is 13.1 Å². The molecule has 0 radical (unpaired) electrons. The molecule has 1 aromatic carbocycles. The lowest BCUT2D eigenvalue weighted by atomic mass is 9.90. The molecule has 1 aliphatic heterocycles. The van der Waals surface area contributed by atoms with Crippen molar-refractivity contribution in [3.63, 3.8) is 0 Å². The highest BCUT2D eigenvalue weighted by atomic mass is 16.2. The number of nitrogens with one attached hydrogen (secondary N) is 1. The monoisotopic (exact) mass is 338 g/mol. The molecule has 3 N–H and O–H groups in total. The number of hydrogen-bond acceptors (Lipinski definition) is 4. The van der Waals surface area contributed by atoms with Crippen LogP contribution in [0.25, 0.3) is 0 Å². The molecule has 0 saturated carbocycles. The third kappa shape index (κ3) is 4.79. The summed E-state index contributed by atoms with van der Waals surface area (Å²) in [5.74, 6) is 1.07. The highest BCUT2D eigenvalue weighted by Crippen LogP contribution is 2.25. The molecular weight excluding hydrogens is 312 g/mol. The first-order valence-corrected chi connectivity index (χ1v) is 8.93. The molecule has 132 valence electrons. The van der Waals surface area contributed by atoms with Gasteiger partial charge in [-0.05, 0) is 49.8 Å². The third-order valence-corrected chi connectivity index (χ3v) is 4.76. The van der Waals surface area contributed by atoms with Crippen LogP contribution in [0.5, 0.6) is 0 Å². The Hall–Kier alpha value is -2.40. The van der Waals surface area contributed by atoms with Crippen LogP contribution in [-0.2, 0) is 11.2 Å². The lowest BCUT2D eigenvalue weighted by molar-refractivity contribution is -0.117. The van der Waals surface area contributed by atoms with E-state index in [0.29, 0.717) is 5.82 Å². The average molecular weight is 338 g/mol. The van der Waals surface area contributed by atoms with Gasteiger partial charge in [-0.2, -0.15) is 0 Å². The average Bonchev–Trinajstić information content (AvgIpc) is 2.64. The van der Waals surface area contributed by atoms with E-state index in [2.05, 4.69) is 45.5 Å². The number of aromatic nitrogens is 1. The first-order valence-electron chi connectivity index (χ1n) is 8.93. The predicted octanol–water partition coefficient (Wildman–Crippen LogP) is 2.83. The highest BCUT2D eigenvalue weighted by Gasteiger charge is 2.20. The fourth-order valence-electron chi connectivity index (χ4n) is 3.23. The van der Waals surface area contributed by atoms with Gasteiger partial charge in [-0.15, -0.1) is 0 Å². The van der Waals surface area contributed by atoms with Gasteiger partial charge < -0.3 is 16.0 Å². The van der Waals surface area contributed by atoms with E-state index in [4.69, 9.17) is 5.73 Å². The zero-order chi connectivity index (χ0) is 17.6. The van der Waals surface area contributed by atoms with Crippen molar-refractivity contribution >= 4 is 17.4 Å². The molecule has 2 heterocycles. The molecule has 5 nitrogen and oxygen atoms in total. The van der Waals surface area contributed by atoms with Gasteiger partial charge in [0.25, 0.3) is 0 Å². The van der Waals surface area contributed by atoms with E-state index in [1.807, 2.05) is 18.3 Å². The van der Waals surface area contributed by atoms with Crippen LogP contribution in [0.15, 0.2) is 48.7 Å². The van der Waals surface area contributed by atoms with Gasteiger partial charge in [0.05, 0.1) is 17.9 Å². The maximum Gasteiger partial charge on any atom is 0.242 e. The van der Waals surface area contributed by atoms with Gasteiger partial charge in [0.2, 0.25) is 5.91 Å². The molecule has 1 fully saturated rings. The number of benzene rings is 1. The van der Waals surface area contributed by atoms with E-state index in [0.717, 1.165) is 31.1 Å².